The summed E-state index contributed by atoms with van der Waals surface area (Å²) in [5.41, 5.74) is 10.4. The van der Waals surface area contributed by atoms with Crippen molar-refractivity contribution in [2.75, 3.05) is 0 Å². The van der Waals surface area contributed by atoms with E-state index in [0.717, 1.165) is 23.1 Å². The zero-order valence-electron chi connectivity index (χ0n) is 14.4. The second-order valence-corrected chi connectivity index (χ2v) is 7.18. The molecule has 22 heavy (non-hydrogen) atoms. The summed E-state index contributed by atoms with van der Waals surface area (Å²) in [7, 11) is 0. The lowest BCUT2D eigenvalue weighted by atomic mass is 9.61. The average Bonchev–Trinajstić information content (AvgIpc) is 2.45. The average molecular weight is 313 g/mol. The number of halogens is 1. The molecule has 0 spiro atoms. The van der Waals surface area contributed by atoms with Crippen LogP contribution >= 0.6 is 11.6 Å². The molecular weight excluding hydrogens is 288 g/mol. The molecule has 1 aliphatic rings. The number of rotatable bonds is 2. The van der Waals surface area contributed by atoms with E-state index < -0.39 is 0 Å². The maximum Gasteiger partial charge on any atom is 0.0369 e. The van der Waals surface area contributed by atoms with Crippen LogP contribution in [0.5, 0.6) is 0 Å². The third-order valence-corrected chi connectivity index (χ3v) is 5.76. The SMILES string of the molecule is C=C(Cl)C(=C)C1(C)CC(=C)C(=C)c2c(C)c(C)c(C)c(C)c21. The van der Waals surface area contributed by atoms with Crippen LogP contribution in [0.4, 0.5) is 0 Å². The van der Waals surface area contributed by atoms with Crippen molar-refractivity contribution in [2.24, 2.45) is 0 Å². The Morgan fingerprint density at radius 1 is 0.955 bits per heavy atom. The fraction of sp³-hybridized carbons (Fsp3) is 0.333. The number of hydrogen-bond acceptors (Lipinski definition) is 0. The molecule has 0 N–H and O–H groups in total. The molecule has 2 rings (SSSR count). The molecule has 0 saturated carbocycles. The second kappa shape index (κ2) is 5.28. The van der Waals surface area contributed by atoms with Crippen LogP contribution in [0.1, 0.15) is 46.7 Å². The maximum atomic E-state index is 6.22. The number of allylic oxidation sites excluding steroid dienone is 4. The van der Waals surface area contributed by atoms with E-state index in [-0.39, 0.29) is 5.41 Å². The molecular formula is C21H25Cl. The molecule has 0 aromatic heterocycles. The highest BCUT2D eigenvalue weighted by atomic mass is 35.5. The van der Waals surface area contributed by atoms with Gasteiger partial charge in [-0.3, -0.25) is 0 Å². The molecule has 0 heterocycles. The van der Waals surface area contributed by atoms with Gasteiger partial charge in [0.1, 0.15) is 0 Å². The Labute approximate surface area is 139 Å². The smallest absolute Gasteiger partial charge is 0.0369 e. The first-order valence-corrected chi connectivity index (χ1v) is 7.94. The van der Waals surface area contributed by atoms with Gasteiger partial charge < -0.3 is 0 Å². The summed E-state index contributed by atoms with van der Waals surface area (Å²) in [6.07, 6.45) is 0.784. The lowest BCUT2D eigenvalue weighted by Gasteiger charge is -2.42. The van der Waals surface area contributed by atoms with E-state index in [4.69, 9.17) is 11.6 Å². The Balaban J connectivity index is 2.97. The topological polar surface area (TPSA) is 0 Å². The van der Waals surface area contributed by atoms with E-state index in [1.54, 1.807) is 0 Å². The normalized spacial score (nSPS) is 20.8. The van der Waals surface area contributed by atoms with Crippen LogP contribution in [-0.4, -0.2) is 0 Å². The molecule has 1 aromatic carbocycles. The first-order chi connectivity index (χ1) is 10.0. The van der Waals surface area contributed by atoms with Crippen LogP contribution in [0, 0.1) is 27.7 Å². The second-order valence-electron chi connectivity index (χ2n) is 6.72. The summed E-state index contributed by atoms with van der Waals surface area (Å²) in [4.78, 5) is 0. The van der Waals surface area contributed by atoms with E-state index in [9.17, 15) is 0 Å². The van der Waals surface area contributed by atoms with Gasteiger partial charge in [-0.25, -0.2) is 0 Å². The minimum absolute atomic E-state index is 0.278. The largest absolute Gasteiger partial charge is 0.0952 e. The van der Waals surface area contributed by atoms with Gasteiger partial charge in [0.25, 0.3) is 0 Å². The van der Waals surface area contributed by atoms with Crippen molar-refractivity contribution in [1.29, 1.82) is 0 Å². The molecule has 0 aliphatic heterocycles. The lowest BCUT2D eigenvalue weighted by Crippen LogP contribution is -2.32. The molecule has 1 unspecified atom stereocenters. The van der Waals surface area contributed by atoms with Crippen LogP contribution in [0.3, 0.4) is 0 Å². The Bertz CT molecular complexity index is 746. The number of benzene rings is 1. The van der Waals surface area contributed by atoms with Crippen LogP contribution in [0.25, 0.3) is 5.57 Å². The summed E-state index contributed by atoms with van der Waals surface area (Å²) < 4.78 is 0. The molecule has 1 atom stereocenters. The van der Waals surface area contributed by atoms with Crippen molar-refractivity contribution in [3.8, 4) is 0 Å². The van der Waals surface area contributed by atoms with Gasteiger partial charge in [-0.2, -0.15) is 0 Å². The highest BCUT2D eigenvalue weighted by molar-refractivity contribution is 6.31. The molecule has 116 valence electrons. The van der Waals surface area contributed by atoms with E-state index >= 15 is 0 Å². The van der Waals surface area contributed by atoms with Crippen molar-refractivity contribution >= 4 is 17.2 Å². The van der Waals surface area contributed by atoms with Gasteiger partial charge in [0.05, 0.1) is 0 Å². The Morgan fingerprint density at radius 2 is 1.45 bits per heavy atom. The van der Waals surface area contributed by atoms with E-state index in [1.165, 1.54) is 33.4 Å². The summed E-state index contributed by atoms with van der Waals surface area (Å²) in [6, 6.07) is 0. The lowest BCUT2D eigenvalue weighted by molar-refractivity contribution is 0.554. The third kappa shape index (κ3) is 2.13. The zero-order valence-corrected chi connectivity index (χ0v) is 15.2. The quantitative estimate of drug-likeness (QED) is 0.550. The third-order valence-electron chi connectivity index (χ3n) is 5.53. The van der Waals surface area contributed by atoms with Gasteiger partial charge in [0, 0.05) is 10.4 Å². The first-order valence-electron chi connectivity index (χ1n) is 7.56. The summed E-state index contributed by atoms with van der Waals surface area (Å²) >= 11 is 6.22. The molecule has 1 aromatic rings. The molecule has 0 radical (unpaired) electrons. The predicted molar refractivity (Wildman–Crippen MR) is 99.7 cm³/mol. The van der Waals surface area contributed by atoms with Crippen molar-refractivity contribution in [1.82, 2.24) is 0 Å². The van der Waals surface area contributed by atoms with Crippen molar-refractivity contribution in [3.05, 3.63) is 75.9 Å². The van der Waals surface area contributed by atoms with Gasteiger partial charge >= 0.3 is 0 Å². The molecule has 1 heteroatoms. The molecule has 0 bridgehead atoms. The summed E-state index contributed by atoms with van der Waals surface area (Å²) in [5, 5.41) is 0.518. The van der Waals surface area contributed by atoms with Crippen LogP contribution in [0.2, 0.25) is 0 Å². The van der Waals surface area contributed by atoms with Gasteiger partial charge in [0.2, 0.25) is 0 Å². The Morgan fingerprint density at radius 3 is 1.95 bits per heavy atom. The highest BCUT2D eigenvalue weighted by Gasteiger charge is 2.40. The molecule has 0 saturated heterocycles. The molecule has 0 amide bonds. The Kier molecular flexibility index (Phi) is 4.04. The van der Waals surface area contributed by atoms with E-state index in [0.29, 0.717) is 5.03 Å². The predicted octanol–water partition coefficient (Wildman–Crippen LogP) is 6.46. The minimum atomic E-state index is -0.278. The monoisotopic (exact) mass is 312 g/mol. The number of fused-ring (bicyclic) bond motifs is 1. The van der Waals surface area contributed by atoms with Gasteiger partial charge in [0.15, 0.2) is 0 Å². The van der Waals surface area contributed by atoms with Gasteiger partial charge in [-0.15, -0.1) is 0 Å². The van der Waals surface area contributed by atoms with Crippen molar-refractivity contribution < 1.29 is 0 Å². The van der Waals surface area contributed by atoms with Gasteiger partial charge in [-0.05, 0) is 84.2 Å². The zero-order chi connectivity index (χ0) is 17.0. The van der Waals surface area contributed by atoms with E-state index in [2.05, 4.69) is 60.9 Å². The fourth-order valence-corrected chi connectivity index (χ4v) is 3.94. The van der Waals surface area contributed by atoms with Crippen LogP contribution < -0.4 is 0 Å². The van der Waals surface area contributed by atoms with Crippen molar-refractivity contribution in [3.63, 3.8) is 0 Å². The molecule has 1 aliphatic carbocycles. The highest BCUT2D eigenvalue weighted by Crippen LogP contribution is 2.52. The van der Waals surface area contributed by atoms with E-state index in [1.807, 2.05) is 0 Å². The Hall–Kier alpha value is -1.53. The first kappa shape index (κ1) is 16.8. The van der Waals surface area contributed by atoms with Crippen molar-refractivity contribution in [2.45, 2.75) is 46.5 Å². The minimum Gasteiger partial charge on any atom is -0.0952 e. The fourth-order valence-electron chi connectivity index (χ4n) is 3.74. The van der Waals surface area contributed by atoms with Gasteiger partial charge in [-0.1, -0.05) is 44.8 Å². The summed E-state index contributed by atoms with van der Waals surface area (Å²) in [5.74, 6) is 0. The van der Waals surface area contributed by atoms with Crippen LogP contribution in [0.15, 0.2) is 42.5 Å². The summed E-state index contributed by atoms with van der Waals surface area (Å²) in [6.45, 7) is 27.6. The standard InChI is InChI=1S/C21H25Cl/c1-11-10-21(9,17(7)18(8)22)20-16(6)14(4)13(3)15(5)19(20)12(11)2/h1-2,7-8,10H2,3-6,9H3. The molecule has 0 nitrogen and oxygen atoms in total. The maximum absolute atomic E-state index is 6.22. The van der Waals surface area contributed by atoms with Crippen LogP contribution in [-0.2, 0) is 5.41 Å². The number of hydrogen-bond donors (Lipinski definition) is 0. The molecule has 0 fully saturated rings.